The van der Waals surface area contributed by atoms with E-state index >= 15 is 0 Å². The second-order valence-electron chi connectivity index (χ2n) is 6.86. The van der Waals surface area contributed by atoms with Crippen molar-refractivity contribution in [2.75, 3.05) is 5.75 Å². The van der Waals surface area contributed by atoms with Crippen molar-refractivity contribution < 1.29 is 17.5 Å². The molecule has 9 heteroatoms. The van der Waals surface area contributed by atoms with Crippen LogP contribution in [0, 0.1) is 0 Å². The highest BCUT2D eigenvalue weighted by molar-refractivity contribution is 7.85. The first-order valence-corrected chi connectivity index (χ1v) is 11.9. The predicted octanol–water partition coefficient (Wildman–Crippen LogP) is 4.89. The maximum atomic E-state index is 11.0. The van der Waals surface area contributed by atoms with Crippen molar-refractivity contribution in [3.63, 3.8) is 0 Å². The summed E-state index contributed by atoms with van der Waals surface area (Å²) >= 11 is 1.42. The van der Waals surface area contributed by atoms with Crippen molar-refractivity contribution in [1.82, 2.24) is 4.57 Å². The smallest absolute Gasteiger partial charge is 0.342 e. The summed E-state index contributed by atoms with van der Waals surface area (Å²) in [5.41, 5.74) is 3.89. The Balaban J connectivity index is 1.72. The second-order valence-corrected chi connectivity index (χ2v) is 9.30. The van der Waals surface area contributed by atoms with Crippen LogP contribution in [0.4, 0.5) is 10.8 Å². The number of nitrogens with zero attached hydrogens (tertiary/aromatic N) is 4. The van der Waals surface area contributed by atoms with Crippen LogP contribution in [-0.4, -0.2) is 23.3 Å². The standard InChI is InChI=1S/C21H20N4O3S2/c1-24-18-11-6-5-10-17(18)19(20(24)16-8-3-2-4-9-16)22-23-21-25(13-14-29-21)12-7-15-30(26,27)28/h2-6,8-11,13-14H,7,12,15H2,1H3/p+1. The van der Waals surface area contributed by atoms with Crippen molar-refractivity contribution >= 4 is 43.2 Å². The Kier molecular flexibility index (Phi) is 5.76. The third-order valence-electron chi connectivity index (χ3n) is 4.82. The van der Waals surface area contributed by atoms with E-state index in [-0.39, 0.29) is 5.75 Å². The molecule has 0 unspecified atom stereocenters. The molecule has 0 radical (unpaired) electrons. The van der Waals surface area contributed by atoms with Crippen molar-refractivity contribution in [3.8, 4) is 11.3 Å². The summed E-state index contributed by atoms with van der Waals surface area (Å²) in [5, 5.41) is 12.7. The van der Waals surface area contributed by atoms with Crippen molar-refractivity contribution in [3.05, 3.63) is 66.2 Å². The minimum absolute atomic E-state index is 0.284. The minimum atomic E-state index is -3.97. The Hall–Kier alpha value is -2.88. The van der Waals surface area contributed by atoms with Gasteiger partial charge in [0.25, 0.3) is 10.1 Å². The van der Waals surface area contributed by atoms with Gasteiger partial charge in [-0.1, -0.05) is 48.5 Å². The highest BCUT2D eigenvalue weighted by Crippen LogP contribution is 2.40. The number of hydrogen-bond acceptors (Lipinski definition) is 5. The number of fused-ring (bicyclic) bond motifs is 1. The van der Waals surface area contributed by atoms with Crippen LogP contribution in [0.3, 0.4) is 0 Å². The normalized spacial score (nSPS) is 12.2. The van der Waals surface area contributed by atoms with E-state index in [0.29, 0.717) is 18.1 Å². The summed E-state index contributed by atoms with van der Waals surface area (Å²) in [4.78, 5) is 0. The van der Waals surface area contributed by atoms with Gasteiger partial charge in [0.05, 0.1) is 28.6 Å². The van der Waals surface area contributed by atoms with Crippen molar-refractivity contribution in [2.24, 2.45) is 17.3 Å². The molecule has 0 aliphatic rings. The molecule has 7 nitrogen and oxygen atoms in total. The van der Waals surface area contributed by atoms with Gasteiger partial charge in [-0.15, -0.1) is 0 Å². The minimum Gasteiger partial charge on any atom is -0.342 e. The first-order valence-electron chi connectivity index (χ1n) is 9.41. The largest absolute Gasteiger partial charge is 0.408 e. The third-order valence-corrected chi connectivity index (χ3v) is 6.41. The molecular formula is C21H21N4O3S2+. The summed E-state index contributed by atoms with van der Waals surface area (Å²) in [7, 11) is -1.95. The van der Waals surface area contributed by atoms with Crippen LogP contribution in [0.2, 0.25) is 0 Å². The van der Waals surface area contributed by atoms with Gasteiger partial charge in [0.1, 0.15) is 11.9 Å². The van der Waals surface area contributed by atoms with Gasteiger partial charge in [-0.3, -0.25) is 4.55 Å². The zero-order valence-electron chi connectivity index (χ0n) is 16.3. The zero-order valence-corrected chi connectivity index (χ0v) is 18.0. The molecule has 2 aromatic carbocycles. The number of thiazole rings is 1. The van der Waals surface area contributed by atoms with E-state index in [0.717, 1.165) is 27.8 Å². The molecule has 0 amide bonds. The second kappa shape index (κ2) is 8.47. The number of aromatic nitrogens is 2. The summed E-state index contributed by atoms with van der Waals surface area (Å²) in [6.45, 7) is 0.429. The number of rotatable bonds is 7. The number of azo groups is 1. The Labute approximate surface area is 178 Å². The van der Waals surface area contributed by atoms with Gasteiger partial charge in [-0.05, 0) is 22.5 Å². The molecule has 0 atom stereocenters. The summed E-state index contributed by atoms with van der Waals surface area (Å²) in [6.07, 6.45) is 2.14. The van der Waals surface area contributed by atoms with E-state index < -0.39 is 10.1 Å². The highest BCUT2D eigenvalue weighted by atomic mass is 32.2. The van der Waals surface area contributed by atoms with E-state index in [4.69, 9.17) is 4.55 Å². The monoisotopic (exact) mass is 441 g/mol. The fourth-order valence-corrected chi connectivity index (χ4v) is 4.66. The lowest BCUT2D eigenvalue weighted by Crippen LogP contribution is -2.31. The lowest BCUT2D eigenvalue weighted by molar-refractivity contribution is -0.680. The molecule has 0 saturated heterocycles. The lowest BCUT2D eigenvalue weighted by atomic mass is 10.1. The van der Waals surface area contributed by atoms with E-state index in [1.165, 1.54) is 11.3 Å². The lowest BCUT2D eigenvalue weighted by Gasteiger charge is -2.04. The molecule has 0 saturated carbocycles. The van der Waals surface area contributed by atoms with E-state index in [1.807, 2.05) is 71.7 Å². The summed E-state index contributed by atoms with van der Waals surface area (Å²) < 4.78 is 34.8. The fourth-order valence-electron chi connectivity index (χ4n) is 3.46. The van der Waals surface area contributed by atoms with E-state index in [2.05, 4.69) is 20.9 Å². The molecule has 30 heavy (non-hydrogen) atoms. The number of para-hydroxylation sites is 1. The van der Waals surface area contributed by atoms with Crippen molar-refractivity contribution in [2.45, 2.75) is 13.0 Å². The molecule has 0 fully saturated rings. The van der Waals surface area contributed by atoms with Gasteiger partial charge in [-0.2, -0.15) is 8.42 Å². The Morgan fingerprint density at radius 3 is 2.57 bits per heavy atom. The zero-order chi connectivity index (χ0) is 21.1. The average Bonchev–Trinajstić information content (AvgIpc) is 3.28. The highest BCUT2D eigenvalue weighted by Gasteiger charge is 2.19. The average molecular weight is 442 g/mol. The molecule has 4 aromatic rings. The summed E-state index contributed by atoms with van der Waals surface area (Å²) in [6, 6.07) is 18.1. The predicted molar refractivity (Wildman–Crippen MR) is 118 cm³/mol. The molecule has 0 spiro atoms. The molecule has 154 valence electrons. The molecular weight excluding hydrogens is 420 g/mol. The quantitative estimate of drug-likeness (QED) is 0.252. The molecule has 0 aliphatic heterocycles. The van der Waals surface area contributed by atoms with E-state index in [1.54, 1.807) is 0 Å². The van der Waals surface area contributed by atoms with Crippen molar-refractivity contribution in [1.29, 1.82) is 0 Å². The topological polar surface area (TPSA) is 87.9 Å². The van der Waals surface area contributed by atoms with Crippen LogP contribution >= 0.6 is 11.3 Å². The first kappa shape index (κ1) is 20.4. The molecule has 0 bridgehead atoms. The Morgan fingerprint density at radius 2 is 1.80 bits per heavy atom. The van der Waals surface area contributed by atoms with Crippen LogP contribution in [0.1, 0.15) is 6.42 Å². The van der Waals surface area contributed by atoms with E-state index in [9.17, 15) is 8.42 Å². The van der Waals surface area contributed by atoms with Gasteiger partial charge in [0.15, 0.2) is 0 Å². The van der Waals surface area contributed by atoms with Gasteiger partial charge in [0, 0.05) is 29.8 Å². The number of benzene rings is 2. The van der Waals surface area contributed by atoms with Crippen LogP contribution in [-0.2, 0) is 23.7 Å². The van der Waals surface area contributed by atoms with Gasteiger partial charge in [0.2, 0.25) is 0 Å². The van der Waals surface area contributed by atoms with Gasteiger partial charge >= 0.3 is 5.13 Å². The molecule has 1 N–H and O–H groups in total. The Bertz CT molecular complexity index is 1310. The van der Waals surface area contributed by atoms with Crippen LogP contribution < -0.4 is 4.57 Å². The maximum absolute atomic E-state index is 11.0. The first-order chi connectivity index (χ1) is 14.4. The molecule has 0 aliphatic carbocycles. The van der Waals surface area contributed by atoms with Gasteiger partial charge < -0.3 is 4.57 Å². The maximum Gasteiger partial charge on any atom is 0.408 e. The third kappa shape index (κ3) is 4.33. The van der Waals surface area contributed by atoms with Gasteiger partial charge in [-0.25, -0.2) is 4.57 Å². The SMILES string of the molecule is Cn1c(-c2ccccc2)c(N=Nc2scc[n+]2CCCS(=O)(=O)O)c2ccccc21. The number of hydrogen-bond donors (Lipinski definition) is 1. The summed E-state index contributed by atoms with van der Waals surface area (Å²) in [5.74, 6) is -0.284. The number of aryl methyl sites for hydroxylation is 2. The molecule has 4 rings (SSSR count). The Morgan fingerprint density at radius 1 is 1.07 bits per heavy atom. The fraction of sp³-hybridized carbons (Fsp3) is 0.190. The van der Waals surface area contributed by atoms with Crippen LogP contribution in [0.15, 0.2) is 76.4 Å². The molecule has 2 heterocycles. The molecule has 2 aromatic heterocycles. The van der Waals surface area contributed by atoms with Crippen LogP contribution in [0.5, 0.6) is 0 Å². The van der Waals surface area contributed by atoms with Crippen LogP contribution in [0.25, 0.3) is 22.2 Å².